The molecule has 0 saturated carbocycles. The van der Waals surface area contributed by atoms with Gasteiger partial charge in [-0.3, -0.25) is 14.2 Å². The van der Waals surface area contributed by atoms with Gasteiger partial charge in [0.1, 0.15) is 0 Å². The van der Waals surface area contributed by atoms with Gasteiger partial charge >= 0.3 is 0 Å². The Morgan fingerprint density at radius 1 is 1.03 bits per heavy atom. The van der Waals surface area contributed by atoms with Gasteiger partial charge in [-0.25, -0.2) is 4.98 Å². The number of hydrogen-bond donors (Lipinski definition) is 1. The number of rotatable bonds is 5. The molecular formula is C25H22ClN3O2S. The first-order chi connectivity index (χ1) is 15.3. The van der Waals surface area contributed by atoms with Crippen molar-refractivity contribution >= 4 is 45.9 Å². The Morgan fingerprint density at radius 2 is 1.72 bits per heavy atom. The summed E-state index contributed by atoms with van der Waals surface area (Å²) >= 11 is 7.42. The van der Waals surface area contributed by atoms with E-state index >= 15 is 0 Å². The van der Waals surface area contributed by atoms with Gasteiger partial charge in [0, 0.05) is 10.7 Å². The van der Waals surface area contributed by atoms with Crippen LogP contribution in [0.4, 0.5) is 5.69 Å². The third-order valence-corrected chi connectivity index (χ3v) is 6.48. The number of benzene rings is 3. The number of anilines is 1. The first kappa shape index (κ1) is 22.1. The predicted octanol–water partition coefficient (Wildman–Crippen LogP) is 5.78. The summed E-state index contributed by atoms with van der Waals surface area (Å²) in [5, 5.41) is 3.98. The molecule has 1 atom stereocenters. The second-order valence-corrected chi connectivity index (χ2v) is 9.29. The summed E-state index contributed by atoms with van der Waals surface area (Å²) in [5.74, 6) is -0.160. The fourth-order valence-electron chi connectivity index (χ4n) is 3.48. The number of aromatic nitrogens is 2. The molecule has 0 fully saturated rings. The minimum atomic E-state index is -0.493. The van der Waals surface area contributed by atoms with E-state index in [1.54, 1.807) is 49.4 Å². The SMILES string of the molecule is Cc1cccc(C)c1NC(=O)C(C)Sc1nc2ccccc2c(=O)n1-c1cccc(Cl)c1. The van der Waals surface area contributed by atoms with Gasteiger partial charge in [0.25, 0.3) is 5.56 Å². The van der Waals surface area contributed by atoms with Crippen molar-refractivity contribution in [2.45, 2.75) is 31.2 Å². The lowest BCUT2D eigenvalue weighted by atomic mass is 10.1. The highest BCUT2D eigenvalue weighted by atomic mass is 35.5. The monoisotopic (exact) mass is 463 g/mol. The zero-order valence-corrected chi connectivity index (χ0v) is 19.5. The Hall–Kier alpha value is -3.09. The summed E-state index contributed by atoms with van der Waals surface area (Å²) in [6.45, 7) is 5.72. The molecule has 1 aromatic heterocycles. The summed E-state index contributed by atoms with van der Waals surface area (Å²) < 4.78 is 1.52. The van der Waals surface area contributed by atoms with Crippen LogP contribution in [-0.4, -0.2) is 20.7 Å². The minimum absolute atomic E-state index is 0.160. The molecule has 4 aromatic rings. The molecule has 7 heteroatoms. The number of aryl methyl sites for hydroxylation is 2. The summed E-state index contributed by atoms with van der Waals surface area (Å²) in [7, 11) is 0. The van der Waals surface area contributed by atoms with E-state index in [4.69, 9.17) is 16.6 Å². The number of nitrogens with one attached hydrogen (secondary N) is 1. The van der Waals surface area contributed by atoms with Crippen molar-refractivity contribution in [3.63, 3.8) is 0 Å². The van der Waals surface area contributed by atoms with E-state index < -0.39 is 5.25 Å². The molecule has 162 valence electrons. The van der Waals surface area contributed by atoms with Crippen molar-refractivity contribution in [3.05, 3.63) is 93.2 Å². The maximum absolute atomic E-state index is 13.4. The van der Waals surface area contributed by atoms with Crippen molar-refractivity contribution < 1.29 is 4.79 Å². The van der Waals surface area contributed by atoms with E-state index in [0.29, 0.717) is 26.8 Å². The van der Waals surface area contributed by atoms with Crippen LogP contribution in [0.2, 0.25) is 5.02 Å². The smallest absolute Gasteiger partial charge is 0.266 e. The van der Waals surface area contributed by atoms with Crippen LogP contribution in [-0.2, 0) is 4.79 Å². The Bertz CT molecular complexity index is 1360. The van der Waals surface area contributed by atoms with Crippen molar-refractivity contribution in [1.29, 1.82) is 0 Å². The molecule has 0 bridgehead atoms. The van der Waals surface area contributed by atoms with Crippen LogP contribution in [0.3, 0.4) is 0 Å². The first-order valence-corrected chi connectivity index (χ1v) is 11.4. The van der Waals surface area contributed by atoms with E-state index in [-0.39, 0.29) is 11.5 Å². The molecule has 0 aliphatic carbocycles. The number of carbonyl (C=O) groups is 1. The Labute approximate surface area is 195 Å². The van der Waals surface area contributed by atoms with Crippen LogP contribution in [0.15, 0.2) is 76.7 Å². The molecule has 1 heterocycles. The average molecular weight is 464 g/mol. The van der Waals surface area contributed by atoms with Crippen LogP contribution in [0.25, 0.3) is 16.6 Å². The number of fused-ring (bicyclic) bond motifs is 1. The topological polar surface area (TPSA) is 64.0 Å². The highest BCUT2D eigenvalue weighted by Gasteiger charge is 2.21. The van der Waals surface area contributed by atoms with E-state index in [1.165, 1.54) is 16.3 Å². The fraction of sp³-hybridized carbons (Fsp3) is 0.160. The van der Waals surface area contributed by atoms with Crippen LogP contribution < -0.4 is 10.9 Å². The second kappa shape index (κ2) is 9.18. The van der Waals surface area contributed by atoms with Gasteiger partial charge < -0.3 is 5.32 Å². The largest absolute Gasteiger partial charge is 0.325 e. The van der Waals surface area contributed by atoms with E-state index in [0.717, 1.165) is 16.8 Å². The molecule has 1 amide bonds. The highest BCUT2D eigenvalue weighted by Crippen LogP contribution is 2.28. The number of thioether (sulfide) groups is 1. The van der Waals surface area contributed by atoms with Crippen molar-refractivity contribution in [3.8, 4) is 5.69 Å². The number of hydrogen-bond acceptors (Lipinski definition) is 4. The molecule has 4 rings (SSSR count). The summed E-state index contributed by atoms with van der Waals surface area (Å²) in [5.41, 5.74) is 3.78. The number of amides is 1. The molecule has 0 aliphatic heterocycles. The Kier molecular flexibility index (Phi) is 6.35. The van der Waals surface area contributed by atoms with Crippen LogP contribution >= 0.6 is 23.4 Å². The van der Waals surface area contributed by atoms with Gasteiger partial charge in [0.2, 0.25) is 5.91 Å². The number of halogens is 1. The molecule has 0 radical (unpaired) electrons. The first-order valence-electron chi connectivity index (χ1n) is 10.2. The number of para-hydroxylation sites is 2. The summed E-state index contributed by atoms with van der Waals surface area (Å²) in [6, 6.07) is 20.1. The number of carbonyl (C=O) groups excluding carboxylic acids is 1. The molecule has 1 N–H and O–H groups in total. The molecular weight excluding hydrogens is 442 g/mol. The molecule has 32 heavy (non-hydrogen) atoms. The Balaban J connectivity index is 1.74. The molecule has 0 saturated heterocycles. The molecule has 5 nitrogen and oxygen atoms in total. The van der Waals surface area contributed by atoms with Gasteiger partial charge in [0.05, 0.1) is 21.8 Å². The van der Waals surface area contributed by atoms with Gasteiger partial charge in [-0.2, -0.15) is 0 Å². The maximum Gasteiger partial charge on any atom is 0.266 e. The second-order valence-electron chi connectivity index (χ2n) is 7.55. The van der Waals surface area contributed by atoms with Gasteiger partial charge in [-0.05, 0) is 62.2 Å². The van der Waals surface area contributed by atoms with Crippen LogP contribution in [0.1, 0.15) is 18.1 Å². The maximum atomic E-state index is 13.4. The van der Waals surface area contributed by atoms with Crippen molar-refractivity contribution in [1.82, 2.24) is 9.55 Å². The lowest BCUT2D eigenvalue weighted by Gasteiger charge is -2.18. The normalized spacial score (nSPS) is 12.0. The van der Waals surface area contributed by atoms with E-state index in [2.05, 4.69) is 5.32 Å². The zero-order chi connectivity index (χ0) is 22.8. The van der Waals surface area contributed by atoms with Crippen molar-refractivity contribution in [2.24, 2.45) is 0 Å². The quantitative estimate of drug-likeness (QED) is 0.301. The van der Waals surface area contributed by atoms with Crippen LogP contribution in [0, 0.1) is 13.8 Å². The van der Waals surface area contributed by atoms with Gasteiger partial charge in [0.15, 0.2) is 5.16 Å². The van der Waals surface area contributed by atoms with Gasteiger partial charge in [-0.1, -0.05) is 59.8 Å². The van der Waals surface area contributed by atoms with E-state index in [9.17, 15) is 9.59 Å². The van der Waals surface area contributed by atoms with Crippen molar-refractivity contribution in [2.75, 3.05) is 5.32 Å². The molecule has 3 aromatic carbocycles. The lowest BCUT2D eigenvalue weighted by molar-refractivity contribution is -0.115. The average Bonchev–Trinajstić information content (AvgIpc) is 2.76. The minimum Gasteiger partial charge on any atom is -0.325 e. The van der Waals surface area contributed by atoms with Gasteiger partial charge in [-0.15, -0.1) is 0 Å². The lowest BCUT2D eigenvalue weighted by Crippen LogP contribution is -2.26. The standard InChI is InChI=1S/C25H22ClN3O2S/c1-15-8-6-9-16(2)22(15)28-23(30)17(3)32-25-27-21-13-5-4-12-20(21)24(31)29(25)19-11-7-10-18(26)14-19/h4-14,17H,1-3H3,(H,28,30). The molecule has 1 unspecified atom stereocenters. The number of nitrogens with zero attached hydrogens (tertiary/aromatic N) is 2. The molecule has 0 spiro atoms. The third-order valence-electron chi connectivity index (χ3n) is 5.19. The summed E-state index contributed by atoms with van der Waals surface area (Å²) in [4.78, 5) is 31.1. The predicted molar refractivity (Wildman–Crippen MR) is 132 cm³/mol. The third kappa shape index (κ3) is 4.42. The Morgan fingerprint density at radius 3 is 2.44 bits per heavy atom. The highest BCUT2D eigenvalue weighted by molar-refractivity contribution is 8.00. The molecule has 0 aliphatic rings. The van der Waals surface area contributed by atoms with Crippen LogP contribution in [0.5, 0.6) is 0 Å². The fourth-order valence-corrected chi connectivity index (χ4v) is 4.59. The van der Waals surface area contributed by atoms with E-state index in [1.807, 2.05) is 38.1 Å². The zero-order valence-electron chi connectivity index (χ0n) is 17.9. The summed E-state index contributed by atoms with van der Waals surface area (Å²) in [6.07, 6.45) is 0.